The van der Waals surface area contributed by atoms with E-state index >= 15 is 0 Å². The molecule has 6 nitrogen and oxygen atoms in total. The van der Waals surface area contributed by atoms with Crippen LogP contribution in [0.5, 0.6) is 0 Å². The second kappa shape index (κ2) is 6.13. The first-order valence-corrected chi connectivity index (χ1v) is 8.47. The molecule has 0 unspecified atom stereocenters. The Morgan fingerprint density at radius 1 is 1.29 bits per heavy atom. The van der Waals surface area contributed by atoms with Crippen LogP contribution < -0.4 is 4.72 Å². The molecule has 7 heteroatoms. The van der Waals surface area contributed by atoms with Gasteiger partial charge in [-0.25, -0.2) is 17.9 Å². The zero-order valence-corrected chi connectivity index (χ0v) is 12.4. The number of nitrogens with one attached hydrogen (secondary N) is 1. The molecule has 1 fully saturated rings. The predicted molar refractivity (Wildman–Crippen MR) is 77.4 cm³/mol. The number of benzene rings is 1. The van der Waals surface area contributed by atoms with E-state index in [1.807, 2.05) is 0 Å². The number of aliphatic hydroxyl groups is 1. The van der Waals surface area contributed by atoms with Crippen molar-refractivity contribution in [3.05, 3.63) is 35.4 Å². The van der Waals surface area contributed by atoms with Gasteiger partial charge in [0.05, 0.1) is 16.9 Å². The van der Waals surface area contributed by atoms with Crippen molar-refractivity contribution in [2.75, 3.05) is 6.54 Å². The zero-order valence-electron chi connectivity index (χ0n) is 11.6. The Kier molecular flexibility index (Phi) is 4.65. The summed E-state index contributed by atoms with van der Waals surface area (Å²) in [5, 5.41) is 19.0. The quantitative estimate of drug-likeness (QED) is 0.730. The van der Waals surface area contributed by atoms with Crippen LogP contribution in [0.15, 0.2) is 24.3 Å². The third kappa shape index (κ3) is 4.52. The van der Waals surface area contributed by atoms with E-state index in [2.05, 4.69) is 4.72 Å². The number of hydrogen-bond acceptors (Lipinski definition) is 4. The molecule has 1 aliphatic rings. The first-order chi connectivity index (χ1) is 9.80. The Labute approximate surface area is 123 Å². The lowest BCUT2D eigenvalue weighted by Crippen LogP contribution is -2.41. The standard InChI is InChI=1S/C14H19NO5S/c16-13(17)12-5-3-4-11(8-12)9-21(19,20)15-10-14(18)6-1-2-7-14/h3-5,8,15,18H,1-2,6-7,9-10H2,(H,16,17). The third-order valence-electron chi connectivity index (χ3n) is 3.69. The van der Waals surface area contributed by atoms with Crippen LogP contribution in [-0.4, -0.2) is 36.7 Å². The molecule has 0 aliphatic heterocycles. The Morgan fingerprint density at radius 2 is 1.95 bits per heavy atom. The van der Waals surface area contributed by atoms with Crippen molar-refractivity contribution in [1.29, 1.82) is 0 Å². The smallest absolute Gasteiger partial charge is 0.335 e. The molecule has 2 rings (SSSR count). The van der Waals surface area contributed by atoms with E-state index in [9.17, 15) is 18.3 Å². The molecule has 3 N–H and O–H groups in total. The largest absolute Gasteiger partial charge is 0.478 e. The molecule has 0 atom stereocenters. The van der Waals surface area contributed by atoms with Crippen LogP contribution in [0.1, 0.15) is 41.6 Å². The van der Waals surface area contributed by atoms with Crippen LogP contribution in [0.4, 0.5) is 0 Å². The topological polar surface area (TPSA) is 104 Å². The first kappa shape index (κ1) is 15.9. The minimum atomic E-state index is -3.61. The normalized spacial score (nSPS) is 17.8. The predicted octanol–water partition coefficient (Wildman–Crippen LogP) is 1.11. The van der Waals surface area contributed by atoms with Crippen LogP contribution >= 0.6 is 0 Å². The summed E-state index contributed by atoms with van der Waals surface area (Å²) in [7, 11) is -3.61. The van der Waals surface area contributed by atoms with Crippen LogP contribution in [0.2, 0.25) is 0 Å². The highest BCUT2D eigenvalue weighted by atomic mass is 32.2. The minimum absolute atomic E-state index is 0.00789. The molecule has 1 aromatic carbocycles. The fraction of sp³-hybridized carbons (Fsp3) is 0.500. The number of sulfonamides is 1. The molecule has 1 aliphatic carbocycles. The monoisotopic (exact) mass is 313 g/mol. The molecule has 0 heterocycles. The lowest BCUT2D eigenvalue weighted by atomic mass is 10.0. The molecule has 0 saturated heterocycles. The number of carboxylic acids is 1. The van der Waals surface area contributed by atoms with Crippen molar-refractivity contribution < 1.29 is 23.4 Å². The molecule has 116 valence electrons. The highest BCUT2D eigenvalue weighted by molar-refractivity contribution is 7.88. The van der Waals surface area contributed by atoms with Gasteiger partial charge in [-0.1, -0.05) is 25.0 Å². The first-order valence-electron chi connectivity index (χ1n) is 6.82. The maximum absolute atomic E-state index is 12.0. The molecule has 21 heavy (non-hydrogen) atoms. The van der Waals surface area contributed by atoms with Gasteiger partial charge in [0.25, 0.3) is 0 Å². The van der Waals surface area contributed by atoms with E-state index < -0.39 is 21.6 Å². The van der Waals surface area contributed by atoms with Gasteiger partial charge in [-0.15, -0.1) is 0 Å². The minimum Gasteiger partial charge on any atom is -0.478 e. The summed E-state index contributed by atoms with van der Waals surface area (Å²) in [6.07, 6.45) is 3.01. The van der Waals surface area contributed by atoms with E-state index in [1.165, 1.54) is 18.2 Å². The van der Waals surface area contributed by atoms with Crippen LogP contribution in [0.25, 0.3) is 0 Å². The summed E-state index contributed by atoms with van der Waals surface area (Å²) >= 11 is 0. The van der Waals surface area contributed by atoms with Crippen molar-refractivity contribution in [3.8, 4) is 0 Å². The Hall–Kier alpha value is -1.44. The maximum atomic E-state index is 12.0. The van der Waals surface area contributed by atoms with Gasteiger partial charge in [-0.2, -0.15) is 0 Å². The molecular formula is C14H19NO5S. The van der Waals surface area contributed by atoms with E-state index in [4.69, 9.17) is 5.11 Å². The molecular weight excluding hydrogens is 294 g/mol. The molecule has 1 aromatic rings. The maximum Gasteiger partial charge on any atom is 0.335 e. The number of hydrogen-bond donors (Lipinski definition) is 3. The molecule has 0 aromatic heterocycles. The van der Waals surface area contributed by atoms with Gasteiger partial charge in [0, 0.05) is 6.54 Å². The fourth-order valence-corrected chi connectivity index (χ4v) is 3.73. The fourth-order valence-electron chi connectivity index (χ4n) is 2.52. The summed E-state index contributed by atoms with van der Waals surface area (Å²) in [6, 6.07) is 5.83. The average molecular weight is 313 g/mol. The van der Waals surface area contributed by atoms with E-state index in [0.29, 0.717) is 18.4 Å². The van der Waals surface area contributed by atoms with Crippen molar-refractivity contribution in [1.82, 2.24) is 4.72 Å². The number of aromatic carboxylic acids is 1. The Morgan fingerprint density at radius 3 is 2.57 bits per heavy atom. The lowest BCUT2D eigenvalue weighted by molar-refractivity contribution is 0.0531. The van der Waals surface area contributed by atoms with Crippen molar-refractivity contribution in [2.45, 2.75) is 37.0 Å². The van der Waals surface area contributed by atoms with Crippen molar-refractivity contribution in [3.63, 3.8) is 0 Å². The molecule has 0 bridgehead atoms. The van der Waals surface area contributed by atoms with Gasteiger partial charge in [-0.05, 0) is 30.5 Å². The second-order valence-corrected chi connectivity index (χ2v) is 7.32. The highest BCUT2D eigenvalue weighted by Crippen LogP contribution is 2.28. The van der Waals surface area contributed by atoms with Gasteiger partial charge in [0.1, 0.15) is 0 Å². The SMILES string of the molecule is O=C(O)c1cccc(CS(=O)(=O)NCC2(O)CCCC2)c1. The summed E-state index contributed by atoms with van der Waals surface area (Å²) in [6.45, 7) is 0.00789. The van der Waals surface area contributed by atoms with E-state index in [-0.39, 0.29) is 17.9 Å². The molecule has 1 saturated carbocycles. The van der Waals surface area contributed by atoms with Crippen LogP contribution in [0.3, 0.4) is 0 Å². The van der Waals surface area contributed by atoms with E-state index in [0.717, 1.165) is 12.8 Å². The molecule has 0 amide bonds. The zero-order chi connectivity index (χ0) is 15.5. The van der Waals surface area contributed by atoms with E-state index in [1.54, 1.807) is 6.07 Å². The lowest BCUT2D eigenvalue weighted by Gasteiger charge is -2.22. The summed E-state index contributed by atoms with van der Waals surface area (Å²) in [5.74, 6) is -1.40. The second-order valence-electron chi connectivity index (χ2n) is 5.52. The van der Waals surface area contributed by atoms with Crippen molar-refractivity contribution >= 4 is 16.0 Å². The van der Waals surface area contributed by atoms with Gasteiger partial charge < -0.3 is 10.2 Å². The number of carboxylic acid groups (broad SMARTS) is 1. The number of rotatable bonds is 6. The van der Waals surface area contributed by atoms with Gasteiger partial charge in [0.15, 0.2) is 0 Å². The van der Waals surface area contributed by atoms with Crippen molar-refractivity contribution in [2.24, 2.45) is 0 Å². The van der Waals surface area contributed by atoms with Gasteiger partial charge in [0.2, 0.25) is 10.0 Å². The highest BCUT2D eigenvalue weighted by Gasteiger charge is 2.32. The van der Waals surface area contributed by atoms with Gasteiger partial charge in [-0.3, -0.25) is 0 Å². The molecule has 0 spiro atoms. The van der Waals surface area contributed by atoms with Gasteiger partial charge >= 0.3 is 5.97 Å². The molecule has 0 radical (unpaired) electrons. The average Bonchev–Trinajstić information content (AvgIpc) is 2.84. The summed E-state index contributed by atoms with van der Waals surface area (Å²) in [4.78, 5) is 10.9. The summed E-state index contributed by atoms with van der Waals surface area (Å²) < 4.78 is 26.4. The van der Waals surface area contributed by atoms with Crippen LogP contribution in [0, 0.1) is 0 Å². The Bertz CT molecular complexity index is 620. The third-order valence-corrected chi connectivity index (χ3v) is 4.98. The summed E-state index contributed by atoms with van der Waals surface area (Å²) in [5.41, 5.74) is -0.492. The Balaban J connectivity index is 2.00. The number of carbonyl (C=O) groups is 1. The van der Waals surface area contributed by atoms with Crippen LogP contribution in [-0.2, 0) is 15.8 Å².